The Morgan fingerprint density at radius 3 is 2.34 bits per heavy atom. The van der Waals surface area contributed by atoms with Gasteiger partial charge < -0.3 is 10.2 Å². The summed E-state index contributed by atoms with van der Waals surface area (Å²) in [5.74, 6) is 0.0494. The molecule has 0 atom stereocenters. The quantitative estimate of drug-likeness (QED) is 0.455. The van der Waals surface area contributed by atoms with E-state index < -0.39 is 0 Å². The molecule has 32 heavy (non-hydrogen) atoms. The number of carbonyl (C=O) groups excluding carboxylic acids is 1. The molecule has 0 bridgehead atoms. The monoisotopic (exact) mass is 422 g/mol. The lowest BCUT2D eigenvalue weighted by Crippen LogP contribution is -2.10. The summed E-state index contributed by atoms with van der Waals surface area (Å²) >= 11 is 0. The first-order valence-corrected chi connectivity index (χ1v) is 10.1. The lowest BCUT2D eigenvalue weighted by atomic mass is 10.0. The highest BCUT2D eigenvalue weighted by Crippen LogP contribution is 2.32. The molecule has 0 aliphatic rings. The topological polar surface area (TPSA) is 94.8 Å². The van der Waals surface area contributed by atoms with Crippen molar-refractivity contribution in [3.05, 3.63) is 78.0 Å². The van der Waals surface area contributed by atoms with Crippen molar-refractivity contribution in [3.63, 3.8) is 0 Å². The minimum absolute atomic E-state index is 0.0711. The van der Waals surface area contributed by atoms with E-state index in [1.165, 1.54) is 12.5 Å². The fourth-order valence-corrected chi connectivity index (χ4v) is 3.51. The number of Topliss-reactive ketones (excluding diaryl/α,β-unsaturated/α-hetero) is 1. The van der Waals surface area contributed by atoms with E-state index >= 15 is 0 Å². The first kappa shape index (κ1) is 21.1. The van der Waals surface area contributed by atoms with E-state index in [0.717, 1.165) is 34.3 Å². The molecule has 0 saturated heterocycles. The van der Waals surface area contributed by atoms with Crippen molar-refractivity contribution in [1.82, 2.24) is 19.9 Å². The van der Waals surface area contributed by atoms with E-state index in [-0.39, 0.29) is 11.6 Å². The lowest BCUT2D eigenvalue weighted by Gasteiger charge is -2.15. The van der Waals surface area contributed by atoms with Crippen molar-refractivity contribution in [2.24, 2.45) is 0 Å². The van der Waals surface area contributed by atoms with Crippen LogP contribution in [0.15, 0.2) is 61.1 Å². The van der Waals surface area contributed by atoms with E-state index in [4.69, 9.17) is 5.26 Å². The summed E-state index contributed by atoms with van der Waals surface area (Å²) in [4.78, 5) is 27.1. The Morgan fingerprint density at radius 2 is 1.72 bits per heavy atom. The number of pyridine rings is 1. The van der Waals surface area contributed by atoms with Gasteiger partial charge in [0.2, 0.25) is 5.82 Å². The normalized spacial score (nSPS) is 10.8. The molecule has 2 aromatic carbocycles. The van der Waals surface area contributed by atoms with Crippen LogP contribution < -0.4 is 5.32 Å². The van der Waals surface area contributed by atoms with Gasteiger partial charge in [0, 0.05) is 41.8 Å². The van der Waals surface area contributed by atoms with E-state index in [2.05, 4.69) is 37.3 Å². The van der Waals surface area contributed by atoms with Crippen LogP contribution in [0.1, 0.15) is 28.7 Å². The zero-order chi connectivity index (χ0) is 22.7. The van der Waals surface area contributed by atoms with Gasteiger partial charge in [-0.25, -0.2) is 9.97 Å². The second-order valence-electron chi connectivity index (χ2n) is 7.80. The van der Waals surface area contributed by atoms with Gasteiger partial charge >= 0.3 is 0 Å². The molecule has 2 aromatic heterocycles. The summed E-state index contributed by atoms with van der Waals surface area (Å²) in [6.45, 7) is 2.39. The number of nitrogens with zero attached hydrogens (tertiary/aromatic N) is 5. The molecule has 0 saturated carbocycles. The molecule has 0 spiro atoms. The first-order chi connectivity index (χ1) is 15.4. The Bertz CT molecular complexity index is 1320. The third-order valence-corrected chi connectivity index (χ3v) is 5.05. The Balaban J connectivity index is 1.78. The van der Waals surface area contributed by atoms with Gasteiger partial charge in [-0.15, -0.1) is 0 Å². The number of hydrogen-bond donors (Lipinski definition) is 1. The standard InChI is InChI=1S/C25H22N6O/c1-16(32)22-14-27-23-9-6-18(19-12-28-24(11-26)29-13-19)10-21(23)25(22)30-20-7-4-17(5-8-20)15-31(2)3/h4-10,12-14H,15H2,1-3H3,(H,27,30). The molecule has 0 aliphatic carbocycles. The van der Waals surface area contributed by atoms with E-state index in [9.17, 15) is 4.79 Å². The second kappa shape index (κ2) is 8.92. The van der Waals surface area contributed by atoms with Crippen LogP contribution >= 0.6 is 0 Å². The maximum atomic E-state index is 12.4. The molecule has 1 N–H and O–H groups in total. The molecule has 0 fully saturated rings. The first-order valence-electron chi connectivity index (χ1n) is 10.1. The van der Waals surface area contributed by atoms with Crippen molar-refractivity contribution < 1.29 is 4.79 Å². The molecule has 0 radical (unpaired) electrons. The van der Waals surface area contributed by atoms with Crippen molar-refractivity contribution in [2.75, 3.05) is 19.4 Å². The molecule has 2 heterocycles. The van der Waals surface area contributed by atoms with Crippen LogP contribution in [0.3, 0.4) is 0 Å². The number of ketones is 1. The highest BCUT2D eigenvalue weighted by molar-refractivity contribution is 6.08. The van der Waals surface area contributed by atoms with Gasteiger partial charge in [-0.3, -0.25) is 9.78 Å². The summed E-state index contributed by atoms with van der Waals surface area (Å²) in [7, 11) is 4.07. The van der Waals surface area contributed by atoms with Gasteiger partial charge in [-0.05, 0) is 56.4 Å². The molecule has 0 aliphatic heterocycles. The van der Waals surface area contributed by atoms with Crippen molar-refractivity contribution in [2.45, 2.75) is 13.5 Å². The van der Waals surface area contributed by atoms with Crippen LogP contribution in [0.25, 0.3) is 22.0 Å². The van der Waals surface area contributed by atoms with Crippen LogP contribution in [-0.4, -0.2) is 39.7 Å². The minimum Gasteiger partial charge on any atom is -0.354 e. The number of fused-ring (bicyclic) bond motifs is 1. The summed E-state index contributed by atoms with van der Waals surface area (Å²) < 4.78 is 0. The molecular formula is C25H22N6O. The predicted molar refractivity (Wildman–Crippen MR) is 125 cm³/mol. The molecule has 158 valence electrons. The van der Waals surface area contributed by atoms with Crippen LogP contribution in [0.4, 0.5) is 11.4 Å². The average Bonchev–Trinajstić information content (AvgIpc) is 2.79. The lowest BCUT2D eigenvalue weighted by molar-refractivity contribution is 0.101. The molecule has 0 amide bonds. The number of carbonyl (C=O) groups is 1. The number of hydrogen-bond acceptors (Lipinski definition) is 7. The molecule has 7 heteroatoms. The molecule has 7 nitrogen and oxygen atoms in total. The number of benzene rings is 2. The molecular weight excluding hydrogens is 400 g/mol. The Kier molecular flexibility index (Phi) is 5.88. The highest BCUT2D eigenvalue weighted by atomic mass is 16.1. The number of nitrogens with one attached hydrogen (secondary N) is 1. The van der Waals surface area contributed by atoms with E-state index in [0.29, 0.717) is 11.3 Å². The van der Waals surface area contributed by atoms with E-state index in [1.807, 2.05) is 50.5 Å². The summed E-state index contributed by atoms with van der Waals surface area (Å²) in [5.41, 5.74) is 5.72. The third-order valence-electron chi connectivity index (χ3n) is 5.05. The maximum absolute atomic E-state index is 12.4. The second-order valence-corrected chi connectivity index (χ2v) is 7.80. The fraction of sp³-hybridized carbons (Fsp3) is 0.160. The van der Waals surface area contributed by atoms with Gasteiger partial charge in [0.05, 0.1) is 16.8 Å². The number of aromatic nitrogens is 3. The number of rotatable bonds is 6. The van der Waals surface area contributed by atoms with Gasteiger partial charge in [0.1, 0.15) is 6.07 Å². The van der Waals surface area contributed by atoms with Crippen LogP contribution in [-0.2, 0) is 6.54 Å². The summed E-state index contributed by atoms with van der Waals surface area (Å²) in [6, 6.07) is 15.9. The van der Waals surface area contributed by atoms with Crippen molar-refractivity contribution in [1.29, 1.82) is 5.26 Å². The summed E-state index contributed by atoms with van der Waals surface area (Å²) in [6.07, 6.45) is 4.84. The van der Waals surface area contributed by atoms with Crippen molar-refractivity contribution in [3.8, 4) is 17.2 Å². The highest BCUT2D eigenvalue weighted by Gasteiger charge is 2.14. The Hall–Kier alpha value is -4.15. The zero-order valence-electron chi connectivity index (χ0n) is 18.1. The van der Waals surface area contributed by atoms with Crippen LogP contribution in [0.5, 0.6) is 0 Å². The molecule has 4 aromatic rings. The zero-order valence-corrected chi connectivity index (χ0v) is 18.1. The Labute approximate surface area is 186 Å². The smallest absolute Gasteiger partial charge is 0.232 e. The maximum Gasteiger partial charge on any atom is 0.232 e. The van der Waals surface area contributed by atoms with Crippen LogP contribution in [0, 0.1) is 11.3 Å². The predicted octanol–water partition coefficient (Wildman–Crippen LogP) is 4.57. The fourth-order valence-electron chi connectivity index (χ4n) is 3.51. The largest absolute Gasteiger partial charge is 0.354 e. The number of anilines is 2. The average molecular weight is 422 g/mol. The SMILES string of the molecule is CC(=O)c1cnc2ccc(-c3cnc(C#N)nc3)cc2c1Nc1ccc(CN(C)C)cc1. The van der Waals surface area contributed by atoms with Gasteiger partial charge in [-0.2, -0.15) is 5.26 Å². The number of nitriles is 1. The van der Waals surface area contributed by atoms with Gasteiger partial charge in [-0.1, -0.05) is 18.2 Å². The van der Waals surface area contributed by atoms with Crippen molar-refractivity contribution >= 4 is 28.1 Å². The minimum atomic E-state index is -0.0711. The third kappa shape index (κ3) is 4.46. The van der Waals surface area contributed by atoms with Gasteiger partial charge in [0.15, 0.2) is 5.78 Å². The molecule has 0 unspecified atom stereocenters. The van der Waals surface area contributed by atoms with Gasteiger partial charge in [0.25, 0.3) is 0 Å². The van der Waals surface area contributed by atoms with E-state index in [1.54, 1.807) is 18.6 Å². The molecule has 4 rings (SSSR count). The Morgan fingerprint density at radius 1 is 1.00 bits per heavy atom. The van der Waals surface area contributed by atoms with Crippen LogP contribution in [0.2, 0.25) is 0 Å². The summed E-state index contributed by atoms with van der Waals surface area (Å²) in [5, 5.41) is 13.2.